The molecule has 5 nitrogen and oxygen atoms in total. The summed E-state index contributed by atoms with van der Waals surface area (Å²) in [5, 5.41) is 13.0. The highest BCUT2D eigenvalue weighted by atomic mass is 35.5. The molecule has 0 aliphatic carbocycles. The van der Waals surface area contributed by atoms with Crippen molar-refractivity contribution in [1.29, 1.82) is 0 Å². The van der Waals surface area contributed by atoms with E-state index < -0.39 is 0 Å². The molecule has 0 radical (unpaired) electrons. The van der Waals surface area contributed by atoms with Crippen LogP contribution >= 0.6 is 11.6 Å². The second-order valence-corrected chi connectivity index (χ2v) is 6.41. The second-order valence-electron chi connectivity index (χ2n) is 6.00. The van der Waals surface area contributed by atoms with Crippen molar-refractivity contribution in [3.05, 3.63) is 52.9 Å². The first-order chi connectivity index (χ1) is 12.1. The van der Waals surface area contributed by atoms with Crippen LogP contribution in [0.2, 0.25) is 5.02 Å². The maximum absolute atomic E-state index is 11.9. The zero-order valence-corrected chi connectivity index (χ0v) is 15.1. The van der Waals surface area contributed by atoms with Gasteiger partial charge in [-0.15, -0.1) is 0 Å². The molecule has 136 valence electrons. The van der Waals surface area contributed by atoms with Crippen LogP contribution in [0.5, 0.6) is 5.75 Å². The summed E-state index contributed by atoms with van der Waals surface area (Å²) in [6.45, 7) is 2.81. The summed E-state index contributed by atoms with van der Waals surface area (Å²) >= 11 is 5.97. The van der Waals surface area contributed by atoms with Gasteiger partial charge in [0, 0.05) is 36.9 Å². The van der Waals surface area contributed by atoms with Gasteiger partial charge in [-0.3, -0.25) is 4.79 Å². The van der Waals surface area contributed by atoms with Crippen LogP contribution in [0.1, 0.15) is 24.2 Å². The van der Waals surface area contributed by atoms with E-state index in [0.717, 1.165) is 17.1 Å². The van der Waals surface area contributed by atoms with Gasteiger partial charge in [-0.25, -0.2) is 0 Å². The molecule has 1 atom stereocenters. The van der Waals surface area contributed by atoms with Gasteiger partial charge in [0.1, 0.15) is 11.5 Å². The number of ether oxygens (including phenoxy) is 1. The number of benzene rings is 1. The molecule has 0 fully saturated rings. The maximum Gasteiger partial charge on any atom is 0.220 e. The molecule has 0 saturated carbocycles. The Balaban J connectivity index is 1.62. The highest BCUT2D eigenvalue weighted by Crippen LogP contribution is 2.21. The minimum atomic E-state index is -0.0524. The first-order valence-electron chi connectivity index (χ1n) is 8.37. The van der Waals surface area contributed by atoms with Crippen LogP contribution in [0, 0.1) is 12.8 Å². The lowest BCUT2D eigenvalue weighted by Crippen LogP contribution is -2.31. The van der Waals surface area contributed by atoms with Crippen LogP contribution in [0.3, 0.4) is 0 Å². The van der Waals surface area contributed by atoms with E-state index in [9.17, 15) is 9.90 Å². The van der Waals surface area contributed by atoms with Crippen LogP contribution in [0.25, 0.3) is 0 Å². The SMILES string of the molecule is Cc1cc(OCCCC(=O)NC[C@H](CO)Cc2ccco2)ccc1Cl. The van der Waals surface area contributed by atoms with E-state index in [0.29, 0.717) is 37.4 Å². The summed E-state index contributed by atoms with van der Waals surface area (Å²) in [7, 11) is 0. The number of furan rings is 1. The highest BCUT2D eigenvalue weighted by Gasteiger charge is 2.12. The molecule has 0 saturated heterocycles. The number of aliphatic hydroxyl groups is 1. The molecule has 1 aromatic carbocycles. The summed E-state index contributed by atoms with van der Waals surface area (Å²) in [6, 6.07) is 9.16. The van der Waals surface area contributed by atoms with Gasteiger partial charge in [-0.05, 0) is 49.2 Å². The van der Waals surface area contributed by atoms with Crippen molar-refractivity contribution < 1.29 is 19.1 Å². The van der Waals surface area contributed by atoms with Crippen LogP contribution < -0.4 is 10.1 Å². The Morgan fingerprint density at radius 3 is 2.92 bits per heavy atom. The second kappa shape index (κ2) is 10.1. The lowest BCUT2D eigenvalue weighted by atomic mass is 10.1. The number of halogens is 1. The number of aryl methyl sites for hydroxylation is 1. The molecule has 1 aromatic heterocycles. The number of hydrogen-bond acceptors (Lipinski definition) is 4. The van der Waals surface area contributed by atoms with Crippen molar-refractivity contribution in [2.45, 2.75) is 26.2 Å². The third kappa shape index (κ3) is 6.80. The third-order valence-electron chi connectivity index (χ3n) is 3.86. The molecule has 6 heteroatoms. The molecule has 2 rings (SSSR count). The monoisotopic (exact) mass is 365 g/mol. The van der Waals surface area contributed by atoms with Crippen molar-refractivity contribution in [1.82, 2.24) is 5.32 Å². The summed E-state index contributed by atoms with van der Waals surface area (Å²) in [5.74, 6) is 1.46. The third-order valence-corrected chi connectivity index (χ3v) is 4.29. The molecule has 1 heterocycles. The number of aliphatic hydroxyl groups excluding tert-OH is 1. The molecule has 2 aromatic rings. The van der Waals surface area contributed by atoms with Crippen LogP contribution in [0.4, 0.5) is 0 Å². The van der Waals surface area contributed by atoms with Crippen LogP contribution in [-0.2, 0) is 11.2 Å². The lowest BCUT2D eigenvalue weighted by molar-refractivity contribution is -0.121. The number of rotatable bonds is 10. The maximum atomic E-state index is 11.9. The smallest absolute Gasteiger partial charge is 0.220 e. The number of carbonyl (C=O) groups is 1. The van der Waals surface area contributed by atoms with Crippen molar-refractivity contribution in [2.24, 2.45) is 5.92 Å². The summed E-state index contributed by atoms with van der Waals surface area (Å²) < 4.78 is 10.9. The van der Waals surface area contributed by atoms with E-state index in [1.165, 1.54) is 0 Å². The quantitative estimate of drug-likeness (QED) is 0.633. The predicted molar refractivity (Wildman–Crippen MR) is 96.9 cm³/mol. The molecule has 2 N–H and O–H groups in total. The highest BCUT2D eigenvalue weighted by molar-refractivity contribution is 6.31. The Bertz CT molecular complexity index is 657. The Kier molecular flexibility index (Phi) is 7.82. The van der Waals surface area contributed by atoms with Gasteiger partial charge in [0.25, 0.3) is 0 Å². The molecule has 0 aliphatic rings. The number of amides is 1. The summed E-state index contributed by atoms with van der Waals surface area (Å²) in [4.78, 5) is 11.9. The fourth-order valence-corrected chi connectivity index (χ4v) is 2.51. The standard InChI is InChI=1S/C19H24ClNO4/c1-14-10-17(6-7-18(14)20)25-9-3-5-19(23)21-12-15(13-22)11-16-4-2-8-24-16/h2,4,6-8,10,15,22H,3,5,9,11-13H2,1H3,(H,21,23)/t15-/m1/s1. The molecule has 25 heavy (non-hydrogen) atoms. The zero-order valence-electron chi connectivity index (χ0n) is 14.3. The van der Waals surface area contributed by atoms with Gasteiger partial charge in [0.2, 0.25) is 5.91 Å². The van der Waals surface area contributed by atoms with E-state index in [-0.39, 0.29) is 18.4 Å². The Labute approximate surface area is 152 Å². The number of carbonyl (C=O) groups excluding carboxylic acids is 1. The zero-order chi connectivity index (χ0) is 18.1. The van der Waals surface area contributed by atoms with E-state index in [4.69, 9.17) is 20.8 Å². The minimum Gasteiger partial charge on any atom is -0.494 e. The topological polar surface area (TPSA) is 71.7 Å². The van der Waals surface area contributed by atoms with Crippen LogP contribution in [0.15, 0.2) is 41.0 Å². The molecule has 1 amide bonds. The van der Waals surface area contributed by atoms with Gasteiger partial charge in [-0.1, -0.05) is 11.6 Å². The van der Waals surface area contributed by atoms with Crippen molar-refractivity contribution >= 4 is 17.5 Å². The van der Waals surface area contributed by atoms with E-state index in [1.54, 1.807) is 12.3 Å². The Morgan fingerprint density at radius 1 is 1.40 bits per heavy atom. The first-order valence-corrected chi connectivity index (χ1v) is 8.75. The fourth-order valence-electron chi connectivity index (χ4n) is 2.39. The van der Waals surface area contributed by atoms with E-state index in [1.807, 2.05) is 31.2 Å². The Morgan fingerprint density at radius 2 is 2.24 bits per heavy atom. The molecule has 0 bridgehead atoms. The van der Waals surface area contributed by atoms with Gasteiger partial charge in [0.15, 0.2) is 0 Å². The fraction of sp³-hybridized carbons (Fsp3) is 0.421. The summed E-state index contributed by atoms with van der Waals surface area (Å²) in [6.07, 6.45) is 3.20. The van der Waals surface area contributed by atoms with E-state index in [2.05, 4.69) is 5.32 Å². The molecular weight excluding hydrogens is 342 g/mol. The average Bonchev–Trinajstić information content (AvgIpc) is 3.11. The average molecular weight is 366 g/mol. The minimum absolute atomic E-state index is 0.00000889. The molecule has 0 spiro atoms. The number of hydrogen-bond donors (Lipinski definition) is 2. The lowest BCUT2D eigenvalue weighted by Gasteiger charge is -2.14. The van der Waals surface area contributed by atoms with Gasteiger partial charge in [-0.2, -0.15) is 0 Å². The van der Waals surface area contributed by atoms with E-state index >= 15 is 0 Å². The van der Waals surface area contributed by atoms with Gasteiger partial charge < -0.3 is 19.6 Å². The van der Waals surface area contributed by atoms with Gasteiger partial charge in [0.05, 0.1) is 12.9 Å². The summed E-state index contributed by atoms with van der Waals surface area (Å²) in [5.41, 5.74) is 0.962. The Hall–Kier alpha value is -1.98. The molecular formula is C19H24ClNO4. The van der Waals surface area contributed by atoms with Crippen molar-refractivity contribution in [3.63, 3.8) is 0 Å². The molecule has 0 aliphatic heterocycles. The first kappa shape index (κ1) is 19.3. The van der Waals surface area contributed by atoms with Crippen molar-refractivity contribution in [3.8, 4) is 5.75 Å². The van der Waals surface area contributed by atoms with Crippen molar-refractivity contribution in [2.75, 3.05) is 19.8 Å². The van der Waals surface area contributed by atoms with Gasteiger partial charge >= 0.3 is 0 Å². The number of nitrogens with one attached hydrogen (secondary N) is 1. The normalized spacial score (nSPS) is 12.0. The predicted octanol–water partition coefficient (Wildman–Crippen LogP) is 3.37. The van der Waals surface area contributed by atoms with Crippen LogP contribution in [-0.4, -0.2) is 30.8 Å². The molecule has 0 unspecified atom stereocenters. The largest absolute Gasteiger partial charge is 0.494 e.